The minimum absolute atomic E-state index is 0.118. The molecule has 2 heterocycles. The topological polar surface area (TPSA) is 50.5 Å². The number of imide groups is 1. The molecule has 0 saturated carbocycles. The third-order valence-corrected chi connectivity index (χ3v) is 6.81. The van der Waals surface area contributed by atoms with Crippen LogP contribution in [0.2, 0.25) is 5.02 Å². The molecule has 1 aliphatic rings. The van der Waals surface area contributed by atoms with Crippen molar-refractivity contribution < 1.29 is 14.0 Å². The van der Waals surface area contributed by atoms with Crippen LogP contribution < -0.4 is 0 Å². The van der Waals surface area contributed by atoms with Gasteiger partial charge in [0.25, 0.3) is 11.1 Å². The first-order chi connectivity index (χ1) is 12.4. The van der Waals surface area contributed by atoms with E-state index in [2.05, 4.69) is 15.9 Å². The molecule has 1 aromatic carbocycles. The van der Waals surface area contributed by atoms with Gasteiger partial charge in [-0.05, 0) is 71.4 Å². The fourth-order valence-electron chi connectivity index (χ4n) is 2.29. The first kappa shape index (κ1) is 19.6. The highest BCUT2D eigenvalue weighted by Gasteiger charge is 2.37. The van der Waals surface area contributed by atoms with Crippen LogP contribution in [-0.4, -0.2) is 22.1 Å². The van der Waals surface area contributed by atoms with Gasteiger partial charge in [-0.3, -0.25) is 14.5 Å². The maximum absolute atomic E-state index is 12.5. The summed E-state index contributed by atoms with van der Waals surface area (Å²) >= 11 is 11.8. The summed E-state index contributed by atoms with van der Waals surface area (Å²) in [6.07, 6.45) is 2.34. The van der Waals surface area contributed by atoms with Crippen molar-refractivity contribution in [3.8, 4) is 0 Å². The standard InChI is InChI=1S/C18H15BrClNO3S2/c1-3-10(2)21-16(22)15(26-18(21)23)9-12-8-14(19)17(24-12)25-13-6-4-11(20)5-7-13/h4-10H,3H2,1-2H3/b15-9+/t10-/m1/s1. The van der Waals surface area contributed by atoms with Crippen molar-refractivity contribution >= 4 is 68.3 Å². The molecule has 0 spiro atoms. The average molecular weight is 473 g/mol. The van der Waals surface area contributed by atoms with Gasteiger partial charge >= 0.3 is 0 Å². The zero-order valence-electron chi connectivity index (χ0n) is 14.0. The van der Waals surface area contributed by atoms with Crippen LogP contribution in [0.15, 0.2) is 54.1 Å². The molecule has 4 nitrogen and oxygen atoms in total. The molecule has 0 bridgehead atoms. The number of carbonyl (C=O) groups is 2. The Morgan fingerprint density at radius 2 is 2.04 bits per heavy atom. The molecule has 3 rings (SSSR count). The smallest absolute Gasteiger partial charge is 0.293 e. The van der Waals surface area contributed by atoms with Crippen LogP contribution in [0.4, 0.5) is 4.79 Å². The zero-order chi connectivity index (χ0) is 18.8. The molecular formula is C18H15BrClNO3S2. The minimum Gasteiger partial charge on any atom is -0.449 e. The lowest BCUT2D eigenvalue weighted by atomic mass is 10.2. The average Bonchev–Trinajstić information content (AvgIpc) is 3.08. The molecule has 1 aliphatic heterocycles. The summed E-state index contributed by atoms with van der Waals surface area (Å²) < 4.78 is 6.61. The van der Waals surface area contributed by atoms with Gasteiger partial charge in [0.15, 0.2) is 5.09 Å². The number of hydrogen-bond acceptors (Lipinski definition) is 5. The number of nitrogens with zero attached hydrogens (tertiary/aromatic N) is 1. The van der Waals surface area contributed by atoms with Crippen molar-refractivity contribution in [1.82, 2.24) is 4.90 Å². The van der Waals surface area contributed by atoms with Crippen molar-refractivity contribution in [2.45, 2.75) is 36.3 Å². The highest BCUT2D eigenvalue weighted by Crippen LogP contribution is 2.39. The Morgan fingerprint density at radius 3 is 2.69 bits per heavy atom. The summed E-state index contributed by atoms with van der Waals surface area (Å²) in [4.78, 5) is 27.2. The molecule has 8 heteroatoms. The van der Waals surface area contributed by atoms with Gasteiger partial charge in [0.2, 0.25) is 0 Å². The Bertz CT molecular complexity index is 879. The SMILES string of the molecule is CC[C@@H](C)N1C(=O)S/C(=C/c2cc(Br)c(Sc3ccc(Cl)cc3)o2)C1=O. The first-order valence-electron chi connectivity index (χ1n) is 7.89. The molecule has 0 radical (unpaired) electrons. The Kier molecular flexibility index (Phi) is 6.22. The van der Waals surface area contributed by atoms with E-state index in [0.717, 1.165) is 27.6 Å². The Labute approximate surface area is 173 Å². The second-order valence-corrected chi connectivity index (χ2v) is 8.98. The Hall–Kier alpha value is -1.15. The molecule has 2 amide bonds. The lowest BCUT2D eigenvalue weighted by Crippen LogP contribution is -2.36. The fourth-order valence-corrected chi connectivity index (χ4v) is 4.66. The maximum Gasteiger partial charge on any atom is 0.293 e. The second kappa shape index (κ2) is 8.25. The zero-order valence-corrected chi connectivity index (χ0v) is 18.0. The van der Waals surface area contributed by atoms with Gasteiger partial charge in [0.05, 0.1) is 9.38 Å². The normalized spacial score (nSPS) is 17.4. The van der Waals surface area contributed by atoms with E-state index in [-0.39, 0.29) is 17.2 Å². The van der Waals surface area contributed by atoms with E-state index in [9.17, 15) is 9.59 Å². The molecule has 1 aromatic heterocycles. The summed E-state index contributed by atoms with van der Waals surface area (Å²) in [7, 11) is 0. The summed E-state index contributed by atoms with van der Waals surface area (Å²) in [6, 6.07) is 9.10. The molecule has 0 N–H and O–H groups in total. The monoisotopic (exact) mass is 471 g/mol. The summed E-state index contributed by atoms with van der Waals surface area (Å²) in [6.45, 7) is 3.81. The van der Waals surface area contributed by atoms with E-state index in [0.29, 0.717) is 20.8 Å². The molecule has 1 fully saturated rings. The molecule has 0 aliphatic carbocycles. The number of furan rings is 1. The van der Waals surface area contributed by atoms with E-state index in [1.54, 1.807) is 12.1 Å². The summed E-state index contributed by atoms with van der Waals surface area (Å²) in [5, 5.41) is 1.10. The number of rotatable bonds is 5. The highest BCUT2D eigenvalue weighted by atomic mass is 79.9. The molecule has 136 valence electrons. The van der Waals surface area contributed by atoms with Crippen molar-refractivity contribution in [2.24, 2.45) is 0 Å². The fraction of sp³-hybridized carbons (Fsp3) is 0.222. The number of amides is 2. The number of carbonyl (C=O) groups excluding carboxylic acids is 2. The maximum atomic E-state index is 12.5. The summed E-state index contributed by atoms with van der Waals surface area (Å²) in [5.74, 6) is 0.247. The van der Waals surface area contributed by atoms with Gasteiger partial charge in [0.1, 0.15) is 5.76 Å². The van der Waals surface area contributed by atoms with Gasteiger partial charge in [-0.1, -0.05) is 30.3 Å². The molecule has 1 atom stereocenters. The lowest BCUT2D eigenvalue weighted by molar-refractivity contribution is -0.124. The first-order valence-corrected chi connectivity index (χ1v) is 10.7. The third-order valence-electron chi connectivity index (χ3n) is 3.83. The van der Waals surface area contributed by atoms with Gasteiger partial charge in [0, 0.05) is 22.0 Å². The van der Waals surface area contributed by atoms with Crippen LogP contribution in [0.1, 0.15) is 26.0 Å². The van der Waals surface area contributed by atoms with E-state index < -0.39 is 0 Å². The van der Waals surface area contributed by atoms with Crippen LogP contribution in [0.25, 0.3) is 6.08 Å². The third kappa shape index (κ3) is 4.22. The van der Waals surface area contributed by atoms with Crippen LogP contribution in [0.3, 0.4) is 0 Å². The molecule has 2 aromatic rings. The van der Waals surface area contributed by atoms with Crippen LogP contribution in [0, 0.1) is 0 Å². The predicted octanol–water partition coefficient (Wildman–Crippen LogP) is 6.68. The van der Waals surface area contributed by atoms with Crippen LogP contribution in [0.5, 0.6) is 0 Å². The summed E-state index contributed by atoms with van der Waals surface area (Å²) in [5.41, 5.74) is 0. The number of halogens is 2. The van der Waals surface area contributed by atoms with Crippen molar-refractivity contribution in [1.29, 1.82) is 0 Å². The number of benzene rings is 1. The molecule has 1 saturated heterocycles. The van der Waals surface area contributed by atoms with Gasteiger partial charge in [-0.15, -0.1) is 0 Å². The van der Waals surface area contributed by atoms with Gasteiger partial charge in [-0.25, -0.2) is 0 Å². The van der Waals surface area contributed by atoms with E-state index in [1.165, 1.54) is 16.7 Å². The van der Waals surface area contributed by atoms with Crippen LogP contribution >= 0.6 is 51.1 Å². The van der Waals surface area contributed by atoms with Gasteiger partial charge in [-0.2, -0.15) is 0 Å². The number of thioether (sulfide) groups is 1. The highest BCUT2D eigenvalue weighted by molar-refractivity contribution is 9.10. The Morgan fingerprint density at radius 1 is 1.35 bits per heavy atom. The second-order valence-electron chi connectivity index (χ2n) is 5.65. The van der Waals surface area contributed by atoms with Crippen molar-refractivity contribution in [2.75, 3.05) is 0 Å². The van der Waals surface area contributed by atoms with Crippen LogP contribution in [-0.2, 0) is 4.79 Å². The molecule has 0 unspecified atom stereocenters. The largest absolute Gasteiger partial charge is 0.449 e. The Balaban J connectivity index is 1.81. The van der Waals surface area contributed by atoms with E-state index in [4.69, 9.17) is 16.0 Å². The van der Waals surface area contributed by atoms with E-state index in [1.807, 2.05) is 38.1 Å². The predicted molar refractivity (Wildman–Crippen MR) is 110 cm³/mol. The minimum atomic E-state index is -0.270. The molecular weight excluding hydrogens is 458 g/mol. The van der Waals surface area contributed by atoms with Crippen molar-refractivity contribution in [3.05, 3.63) is 50.5 Å². The van der Waals surface area contributed by atoms with Gasteiger partial charge < -0.3 is 4.42 Å². The molecule has 26 heavy (non-hydrogen) atoms. The van der Waals surface area contributed by atoms with Crippen molar-refractivity contribution in [3.63, 3.8) is 0 Å². The van der Waals surface area contributed by atoms with E-state index >= 15 is 0 Å². The number of hydrogen-bond donors (Lipinski definition) is 0. The quantitative estimate of drug-likeness (QED) is 0.454. The lowest BCUT2D eigenvalue weighted by Gasteiger charge is -2.19.